The monoisotopic (exact) mass is 265 g/mol. The van der Waals surface area contributed by atoms with Crippen LogP contribution in [-0.2, 0) is 6.42 Å². The Kier molecular flexibility index (Phi) is 3.21. The summed E-state index contributed by atoms with van der Waals surface area (Å²) in [5, 5.41) is 0. The third kappa shape index (κ3) is 2.69. The number of nitrogens with zero attached hydrogens (tertiary/aromatic N) is 1. The molecule has 0 aliphatic carbocycles. The Morgan fingerprint density at radius 2 is 2.00 bits per heavy atom. The number of hydrogen-bond donors (Lipinski definition) is 0. The second-order valence-corrected chi connectivity index (χ2v) is 4.58. The van der Waals surface area contributed by atoms with Crippen molar-refractivity contribution in [1.29, 1.82) is 0 Å². The summed E-state index contributed by atoms with van der Waals surface area (Å²) in [6.07, 6.45) is 4.53. The van der Waals surface area contributed by atoms with E-state index >= 15 is 0 Å². The Labute approximate surface area is 97.5 Å². The van der Waals surface area contributed by atoms with Crippen LogP contribution in [-0.4, -0.2) is 4.98 Å². The molecular formula is C12H12BrNO. The molecule has 0 saturated heterocycles. The lowest BCUT2D eigenvalue weighted by Crippen LogP contribution is -1.93. The highest BCUT2D eigenvalue weighted by atomic mass is 79.9. The zero-order valence-corrected chi connectivity index (χ0v) is 10.1. The lowest BCUT2D eigenvalue weighted by atomic mass is 10.1. The van der Waals surface area contributed by atoms with E-state index in [1.165, 1.54) is 5.56 Å². The van der Waals surface area contributed by atoms with Crippen molar-refractivity contribution in [2.24, 2.45) is 0 Å². The maximum absolute atomic E-state index is 5.55. The summed E-state index contributed by atoms with van der Waals surface area (Å²) in [7, 11) is 0. The molecule has 0 amide bonds. The highest BCUT2D eigenvalue weighted by Gasteiger charge is 2.11. The van der Waals surface area contributed by atoms with Crippen LogP contribution in [0, 0.1) is 6.92 Å². The maximum atomic E-state index is 5.55. The predicted octanol–water partition coefficient (Wildman–Crippen LogP) is 3.66. The van der Waals surface area contributed by atoms with Crippen LogP contribution in [0.3, 0.4) is 0 Å². The van der Waals surface area contributed by atoms with E-state index in [9.17, 15) is 0 Å². The normalized spacial score (nSPS) is 12.7. The standard InChI is InChI=1S/C12H12BrNO/c1-9-2-3-12(15-9)11(13)8-10-4-6-14-7-5-10/h2-7,11H,8H2,1H3. The van der Waals surface area contributed by atoms with Gasteiger partial charge in [-0.3, -0.25) is 4.98 Å². The van der Waals surface area contributed by atoms with E-state index in [1.54, 1.807) is 0 Å². The van der Waals surface area contributed by atoms with Crippen LogP contribution in [0.25, 0.3) is 0 Å². The molecule has 0 aliphatic rings. The lowest BCUT2D eigenvalue weighted by Gasteiger charge is -2.06. The Balaban J connectivity index is 2.07. The SMILES string of the molecule is Cc1ccc(C(Br)Cc2ccncc2)o1. The Morgan fingerprint density at radius 3 is 2.60 bits per heavy atom. The molecule has 0 aromatic carbocycles. The summed E-state index contributed by atoms with van der Waals surface area (Å²) < 4.78 is 5.55. The molecular weight excluding hydrogens is 254 g/mol. The molecule has 2 rings (SSSR count). The fourth-order valence-electron chi connectivity index (χ4n) is 1.45. The summed E-state index contributed by atoms with van der Waals surface area (Å²) in [5.41, 5.74) is 1.25. The van der Waals surface area contributed by atoms with Gasteiger partial charge in [-0.15, -0.1) is 0 Å². The van der Waals surface area contributed by atoms with Crippen molar-refractivity contribution in [2.45, 2.75) is 18.2 Å². The first-order valence-electron chi connectivity index (χ1n) is 4.85. The number of furan rings is 1. The first-order valence-corrected chi connectivity index (χ1v) is 5.76. The number of aromatic nitrogens is 1. The maximum Gasteiger partial charge on any atom is 0.118 e. The highest BCUT2D eigenvalue weighted by molar-refractivity contribution is 9.09. The highest BCUT2D eigenvalue weighted by Crippen LogP contribution is 2.28. The minimum absolute atomic E-state index is 0.230. The van der Waals surface area contributed by atoms with Crippen LogP contribution >= 0.6 is 15.9 Å². The molecule has 2 nitrogen and oxygen atoms in total. The van der Waals surface area contributed by atoms with E-state index in [1.807, 2.05) is 43.6 Å². The van der Waals surface area contributed by atoms with Crippen molar-refractivity contribution < 1.29 is 4.42 Å². The first-order chi connectivity index (χ1) is 7.25. The molecule has 0 fully saturated rings. The largest absolute Gasteiger partial charge is 0.465 e. The van der Waals surface area contributed by atoms with Crippen molar-refractivity contribution in [2.75, 3.05) is 0 Å². The van der Waals surface area contributed by atoms with Gasteiger partial charge in [0.25, 0.3) is 0 Å². The smallest absolute Gasteiger partial charge is 0.118 e. The van der Waals surface area contributed by atoms with Gasteiger partial charge < -0.3 is 4.42 Å². The van der Waals surface area contributed by atoms with Crippen molar-refractivity contribution in [3.63, 3.8) is 0 Å². The van der Waals surface area contributed by atoms with Crippen LogP contribution < -0.4 is 0 Å². The minimum atomic E-state index is 0.230. The van der Waals surface area contributed by atoms with Gasteiger partial charge in [-0.2, -0.15) is 0 Å². The van der Waals surface area contributed by atoms with Gasteiger partial charge in [-0.25, -0.2) is 0 Å². The van der Waals surface area contributed by atoms with Crippen LogP contribution in [0.4, 0.5) is 0 Å². The van der Waals surface area contributed by atoms with E-state index in [4.69, 9.17) is 4.42 Å². The van der Waals surface area contributed by atoms with Gasteiger partial charge in [0.05, 0.1) is 4.83 Å². The first kappa shape index (κ1) is 10.4. The molecule has 1 atom stereocenters. The molecule has 0 spiro atoms. The second-order valence-electron chi connectivity index (χ2n) is 3.48. The molecule has 15 heavy (non-hydrogen) atoms. The lowest BCUT2D eigenvalue weighted by molar-refractivity contribution is 0.481. The number of pyridine rings is 1. The van der Waals surface area contributed by atoms with Gasteiger partial charge >= 0.3 is 0 Å². The molecule has 0 aliphatic heterocycles. The molecule has 1 unspecified atom stereocenters. The van der Waals surface area contributed by atoms with Gasteiger partial charge in [0.15, 0.2) is 0 Å². The summed E-state index contributed by atoms with van der Waals surface area (Å²) >= 11 is 3.62. The second kappa shape index (κ2) is 4.62. The van der Waals surface area contributed by atoms with Gasteiger partial charge in [0.1, 0.15) is 11.5 Å². The fraction of sp³-hybridized carbons (Fsp3) is 0.250. The third-order valence-corrected chi connectivity index (χ3v) is 3.01. The average Bonchev–Trinajstić information content (AvgIpc) is 2.66. The van der Waals surface area contributed by atoms with Crippen molar-refractivity contribution in [1.82, 2.24) is 4.98 Å². The molecule has 0 radical (unpaired) electrons. The zero-order valence-electron chi connectivity index (χ0n) is 8.48. The van der Waals surface area contributed by atoms with Crippen molar-refractivity contribution >= 4 is 15.9 Å². The summed E-state index contributed by atoms with van der Waals surface area (Å²) in [6, 6.07) is 8.03. The van der Waals surface area contributed by atoms with Gasteiger partial charge in [0.2, 0.25) is 0 Å². The predicted molar refractivity (Wildman–Crippen MR) is 63.1 cm³/mol. The van der Waals surface area contributed by atoms with Crippen LogP contribution in [0.15, 0.2) is 41.1 Å². The summed E-state index contributed by atoms with van der Waals surface area (Å²) in [5.74, 6) is 1.92. The van der Waals surface area contributed by atoms with E-state index < -0.39 is 0 Å². The molecule has 3 heteroatoms. The topological polar surface area (TPSA) is 26.0 Å². The fourth-order valence-corrected chi connectivity index (χ4v) is 2.07. The zero-order chi connectivity index (χ0) is 10.7. The van der Waals surface area contributed by atoms with Crippen LogP contribution in [0.2, 0.25) is 0 Å². The number of rotatable bonds is 3. The molecule has 0 bridgehead atoms. The van der Waals surface area contributed by atoms with E-state index in [0.717, 1.165) is 17.9 Å². The molecule has 78 valence electrons. The van der Waals surface area contributed by atoms with E-state index in [-0.39, 0.29) is 4.83 Å². The molecule has 2 heterocycles. The van der Waals surface area contributed by atoms with E-state index in [0.29, 0.717) is 0 Å². The van der Waals surface area contributed by atoms with Crippen LogP contribution in [0.5, 0.6) is 0 Å². The van der Waals surface area contributed by atoms with E-state index in [2.05, 4.69) is 20.9 Å². The van der Waals surface area contributed by atoms with Crippen molar-refractivity contribution in [3.05, 3.63) is 53.7 Å². The van der Waals surface area contributed by atoms with Gasteiger partial charge in [-0.05, 0) is 43.2 Å². The van der Waals surface area contributed by atoms with Gasteiger partial charge in [-0.1, -0.05) is 15.9 Å². The minimum Gasteiger partial charge on any atom is -0.465 e. The average molecular weight is 266 g/mol. The summed E-state index contributed by atoms with van der Waals surface area (Å²) in [6.45, 7) is 1.95. The molecule has 2 aromatic heterocycles. The molecule has 0 saturated carbocycles. The Morgan fingerprint density at radius 1 is 1.27 bits per heavy atom. The Bertz CT molecular complexity index is 424. The van der Waals surface area contributed by atoms with Crippen LogP contribution in [0.1, 0.15) is 21.9 Å². The van der Waals surface area contributed by atoms with Gasteiger partial charge in [0, 0.05) is 12.4 Å². The number of hydrogen-bond acceptors (Lipinski definition) is 2. The molecule has 2 aromatic rings. The number of halogens is 1. The molecule has 0 N–H and O–H groups in total. The summed E-state index contributed by atoms with van der Waals surface area (Å²) in [4.78, 5) is 4.22. The Hall–Kier alpha value is -1.09. The number of aryl methyl sites for hydroxylation is 1. The number of alkyl halides is 1. The quantitative estimate of drug-likeness (QED) is 0.792. The third-order valence-electron chi connectivity index (χ3n) is 2.23. The van der Waals surface area contributed by atoms with Crippen molar-refractivity contribution in [3.8, 4) is 0 Å².